The van der Waals surface area contributed by atoms with Crippen molar-refractivity contribution in [3.63, 3.8) is 0 Å². The van der Waals surface area contributed by atoms with Crippen LogP contribution in [-0.4, -0.2) is 25.7 Å². The van der Waals surface area contributed by atoms with Gasteiger partial charge in [-0.1, -0.05) is 12.1 Å². The number of aromatic nitrogens is 4. The standard InChI is InChI=1S/C24H23N5O/c1-15-11-16(2)13-17(12-15)29-22-8-4-6-20(19(22)14-27-29)28-24(30)18-5-3-7-21-23(18)26-10-9-25-21/h3,5,7,9-14,20H,4,6,8H2,1-2H3,(H,28,30). The highest BCUT2D eigenvalue weighted by Crippen LogP contribution is 2.32. The third-order valence-corrected chi connectivity index (χ3v) is 5.68. The molecule has 2 heterocycles. The number of hydrogen-bond donors (Lipinski definition) is 1. The number of para-hydroxylation sites is 1. The molecule has 1 aliphatic rings. The van der Waals surface area contributed by atoms with Crippen molar-refractivity contribution in [1.82, 2.24) is 25.1 Å². The minimum absolute atomic E-state index is 0.0622. The van der Waals surface area contributed by atoms with Crippen molar-refractivity contribution in [3.8, 4) is 5.69 Å². The van der Waals surface area contributed by atoms with E-state index in [0.29, 0.717) is 11.1 Å². The second-order valence-corrected chi connectivity index (χ2v) is 7.95. The Bertz CT molecular complexity index is 1230. The fourth-order valence-electron chi connectivity index (χ4n) is 4.41. The predicted molar refractivity (Wildman–Crippen MR) is 116 cm³/mol. The van der Waals surface area contributed by atoms with E-state index in [-0.39, 0.29) is 11.9 Å². The molecular formula is C24H23N5O. The van der Waals surface area contributed by atoms with Crippen LogP contribution in [0.15, 0.2) is 55.0 Å². The van der Waals surface area contributed by atoms with Gasteiger partial charge in [-0.2, -0.15) is 5.10 Å². The van der Waals surface area contributed by atoms with E-state index in [1.165, 1.54) is 16.8 Å². The van der Waals surface area contributed by atoms with Crippen molar-refractivity contribution >= 4 is 16.9 Å². The number of benzene rings is 2. The van der Waals surface area contributed by atoms with E-state index in [0.717, 1.165) is 36.0 Å². The summed E-state index contributed by atoms with van der Waals surface area (Å²) in [4.78, 5) is 21.8. The van der Waals surface area contributed by atoms with Gasteiger partial charge in [-0.3, -0.25) is 14.8 Å². The first-order chi connectivity index (χ1) is 14.6. The maximum atomic E-state index is 13.1. The zero-order chi connectivity index (χ0) is 20.7. The van der Waals surface area contributed by atoms with Gasteiger partial charge in [0.1, 0.15) is 5.52 Å². The number of fused-ring (bicyclic) bond motifs is 2. The molecule has 1 N–H and O–H groups in total. The monoisotopic (exact) mass is 397 g/mol. The molecule has 0 saturated heterocycles. The third-order valence-electron chi connectivity index (χ3n) is 5.68. The molecule has 0 saturated carbocycles. The molecule has 0 fully saturated rings. The molecule has 1 amide bonds. The van der Waals surface area contributed by atoms with Crippen LogP contribution in [-0.2, 0) is 6.42 Å². The average molecular weight is 397 g/mol. The number of nitrogens with zero attached hydrogens (tertiary/aromatic N) is 4. The van der Waals surface area contributed by atoms with Crippen LogP contribution in [0, 0.1) is 13.8 Å². The van der Waals surface area contributed by atoms with Crippen molar-refractivity contribution in [2.45, 2.75) is 39.2 Å². The van der Waals surface area contributed by atoms with Crippen LogP contribution in [0.5, 0.6) is 0 Å². The number of hydrogen-bond acceptors (Lipinski definition) is 4. The number of nitrogens with one attached hydrogen (secondary N) is 1. The van der Waals surface area contributed by atoms with Gasteiger partial charge in [0.25, 0.3) is 5.91 Å². The number of rotatable bonds is 3. The van der Waals surface area contributed by atoms with E-state index in [1.807, 2.05) is 23.0 Å². The van der Waals surface area contributed by atoms with Gasteiger partial charge >= 0.3 is 0 Å². The zero-order valence-corrected chi connectivity index (χ0v) is 17.1. The zero-order valence-electron chi connectivity index (χ0n) is 17.1. The van der Waals surface area contributed by atoms with E-state index < -0.39 is 0 Å². The van der Waals surface area contributed by atoms with Crippen LogP contribution >= 0.6 is 0 Å². The third kappa shape index (κ3) is 3.24. The second kappa shape index (κ2) is 7.37. The Morgan fingerprint density at radius 2 is 1.90 bits per heavy atom. The van der Waals surface area contributed by atoms with E-state index >= 15 is 0 Å². The van der Waals surface area contributed by atoms with Crippen molar-refractivity contribution in [2.24, 2.45) is 0 Å². The van der Waals surface area contributed by atoms with Gasteiger partial charge in [-0.05, 0) is 68.5 Å². The number of carbonyl (C=O) groups is 1. The van der Waals surface area contributed by atoms with Gasteiger partial charge < -0.3 is 5.32 Å². The molecule has 6 nitrogen and oxygen atoms in total. The molecule has 0 bridgehead atoms. The van der Waals surface area contributed by atoms with Gasteiger partial charge in [0, 0.05) is 23.7 Å². The molecule has 5 rings (SSSR count). The summed E-state index contributed by atoms with van der Waals surface area (Å²) in [5, 5.41) is 7.88. The van der Waals surface area contributed by atoms with Crippen molar-refractivity contribution in [3.05, 3.63) is 82.9 Å². The van der Waals surface area contributed by atoms with E-state index in [9.17, 15) is 4.79 Å². The van der Waals surface area contributed by atoms with Crippen LogP contribution in [0.3, 0.4) is 0 Å². The van der Waals surface area contributed by atoms with E-state index in [1.54, 1.807) is 18.5 Å². The van der Waals surface area contributed by atoms with Crippen LogP contribution in [0.1, 0.15) is 51.6 Å². The summed E-state index contributed by atoms with van der Waals surface area (Å²) in [5.41, 5.74) is 7.67. The first kappa shape index (κ1) is 18.5. The first-order valence-electron chi connectivity index (χ1n) is 10.3. The molecule has 2 aromatic heterocycles. The lowest BCUT2D eigenvalue weighted by Gasteiger charge is -2.24. The second-order valence-electron chi connectivity index (χ2n) is 7.95. The topological polar surface area (TPSA) is 72.7 Å². The quantitative estimate of drug-likeness (QED) is 0.561. The minimum atomic E-state index is -0.127. The Labute approximate surface area is 175 Å². The predicted octanol–water partition coefficient (Wildman–Crippen LogP) is 4.24. The fourth-order valence-corrected chi connectivity index (χ4v) is 4.41. The van der Waals surface area contributed by atoms with Crippen LogP contribution in [0.25, 0.3) is 16.7 Å². The average Bonchev–Trinajstić information content (AvgIpc) is 3.18. The fraction of sp³-hybridized carbons (Fsp3) is 0.250. The minimum Gasteiger partial charge on any atom is -0.345 e. The SMILES string of the molecule is Cc1cc(C)cc(-n2ncc3c2CCCC3NC(=O)c2cccc3nccnc23)c1. The molecule has 150 valence electrons. The Balaban J connectivity index is 1.47. The van der Waals surface area contributed by atoms with Crippen molar-refractivity contribution in [1.29, 1.82) is 0 Å². The number of aryl methyl sites for hydroxylation is 2. The highest BCUT2D eigenvalue weighted by Gasteiger charge is 2.27. The molecule has 0 aliphatic heterocycles. The molecular weight excluding hydrogens is 374 g/mol. The Morgan fingerprint density at radius 3 is 2.73 bits per heavy atom. The van der Waals surface area contributed by atoms with Gasteiger partial charge in [-0.15, -0.1) is 0 Å². The van der Waals surface area contributed by atoms with Crippen molar-refractivity contribution in [2.75, 3.05) is 0 Å². The molecule has 2 aromatic carbocycles. The number of amides is 1. The van der Waals surface area contributed by atoms with Crippen molar-refractivity contribution < 1.29 is 4.79 Å². The molecule has 1 unspecified atom stereocenters. The lowest BCUT2D eigenvalue weighted by Crippen LogP contribution is -2.31. The smallest absolute Gasteiger partial charge is 0.254 e. The van der Waals surface area contributed by atoms with Gasteiger partial charge in [0.05, 0.1) is 29.0 Å². The van der Waals surface area contributed by atoms with Crippen LogP contribution in [0.2, 0.25) is 0 Å². The summed E-state index contributed by atoms with van der Waals surface area (Å²) in [6, 6.07) is 11.9. The summed E-state index contributed by atoms with van der Waals surface area (Å²) in [6.07, 6.45) is 8.01. The van der Waals surface area contributed by atoms with E-state index in [4.69, 9.17) is 0 Å². The summed E-state index contributed by atoms with van der Waals surface area (Å²) < 4.78 is 2.02. The highest BCUT2D eigenvalue weighted by molar-refractivity contribution is 6.04. The lowest BCUT2D eigenvalue weighted by atomic mass is 9.92. The summed E-state index contributed by atoms with van der Waals surface area (Å²) in [6.45, 7) is 4.20. The largest absolute Gasteiger partial charge is 0.345 e. The van der Waals surface area contributed by atoms with Gasteiger partial charge in [0.15, 0.2) is 0 Å². The molecule has 30 heavy (non-hydrogen) atoms. The summed E-state index contributed by atoms with van der Waals surface area (Å²) in [7, 11) is 0. The van der Waals surface area contributed by atoms with Gasteiger partial charge in [-0.25, -0.2) is 4.68 Å². The molecule has 6 heteroatoms. The Morgan fingerprint density at radius 1 is 1.10 bits per heavy atom. The molecule has 0 radical (unpaired) electrons. The first-order valence-corrected chi connectivity index (χ1v) is 10.3. The summed E-state index contributed by atoms with van der Waals surface area (Å²) in [5.74, 6) is -0.127. The Kier molecular flexibility index (Phi) is 4.54. The van der Waals surface area contributed by atoms with Crippen LogP contribution < -0.4 is 5.32 Å². The van der Waals surface area contributed by atoms with Crippen LogP contribution in [0.4, 0.5) is 0 Å². The maximum Gasteiger partial charge on any atom is 0.254 e. The van der Waals surface area contributed by atoms with Gasteiger partial charge in [0.2, 0.25) is 0 Å². The maximum absolute atomic E-state index is 13.1. The number of carbonyl (C=O) groups excluding carboxylic acids is 1. The summed E-state index contributed by atoms with van der Waals surface area (Å²) >= 11 is 0. The van der Waals surface area contributed by atoms with E-state index in [2.05, 4.69) is 52.4 Å². The lowest BCUT2D eigenvalue weighted by molar-refractivity contribution is 0.0934. The molecule has 1 atom stereocenters. The highest BCUT2D eigenvalue weighted by atomic mass is 16.1. The normalized spacial score (nSPS) is 15.7. The molecule has 4 aromatic rings. The molecule has 0 spiro atoms. The molecule has 1 aliphatic carbocycles. The Hall–Kier alpha value is -3.54.